The Morgan fingerprint density at radius 3 is 2.09 bits per heavy atom. The first-order valence-electron chi connectivity index (χ1n) is 6.58. The van der Waals surface area contributed by atoms with E-state index in [4.69, 9.17) is 40.0 Å². The highest BCUT2D eigenvalue weighted by Gasteiger charge is 2.13. The molecule has 125 valence electrons. The van der Waals surface area contributed by atoms with Gasteiger partial charge in [0.25, 0.3) is 0 Å². The molecule has 0 bridgehead atoms. The quantitative estimate of drug-likeness (QED) is 0.431. The van der Waals surface area contributed by atoms with Gasteiger partial charge in [0.2, 0.25) is 0 Å². The molecule has 1 rings (SSSR count). The first kappa shape index (κ1) is 18.8. The van der Waals surface area contributed by atoms with Crippen LogP contribution < -0.4 is 9.47 Å². The second-order valence-electron chi connectivity index (χ2n) is 4.06. The summed E-state index contributed by atoms with van der Waals surface area (Å²) in [6.45, 7) is 1.56. The van der Waals surface area contributed by atoms with E-state index < -0.39 is 0 Å². The van der Waals surface area contributed by atoms with Crippen molar-refractivity contribution in [3.05, 3.63) is 17.2 Å². The van der Waals surface area contributed by atoms with Crippen molar-refractivity contribution in [2.45, 2.75) is 0 Å². The van der Waals surface area contributed by atoms with Crippen molar-refractivity contribution in [3.8, 4) is 17.2 Å². The summed E-state index contributed by atoms with van der Waals surface area (Å²) in [4.78, 5) is 0. The Bertz CT molecular complexity index is 428. The van der Waals surface area contributed by atoms with Gasteiger partial charge < -0.3 is 28.4 Å². The van der Waals surface area contributed by atoms with E-state index in [1.54, 1.807) is 14.2 Å². The van der Waals surface area contributed by atoms with E-state index in [1.807, 2.05) is 0 Å². The Morgan fingerprint density at radius 1 is 0.909 bits per heavy atom. The molecule has 1 aromatic rings. The number of methoxy groups -OCH3 is 2. The lowest BCUT2D eigenvalue weighted by Crippen LogP contribution is -2.11. The van der Waals surface area contributed by atoms with Crippen LogP contribution >= 0.6 is 11.6 Å². The molecule has 0 amide bonds. The minimum absolute atomic E-state index is 0.0395. The largest absolute Gasteiger partial charge is 0.463 e. The summed E-state index contributed by atoms with van der Waals surface area (Å²) in [5, 5.41) is 11.6. The maximum absolute atomic E-state index is 11.5. The van der Waals surface area contributed by atoms with E-state index in [-0.39, 0.29) is 35.9 Å². The average molecular weight is 336 g/mol. The highest BCUT2D eigenvalue weighted by molar-refractivity contribution is 6.32. The second kappa shape index (κ2) is 11.3. The van der Waals surface area contributed by atoms with Crippen LogP contribution in [0.1, 0.15) is 0 Å². The molecule has 1 radical (unpaired) electrons. The molecule has 0 N–H and O–H groups in total. The summed E-state index contributed by atoms with van der Waals surface area (Å²) in [6, 6.07) is 2.51. The summed E-state index contributed by atoms with van der Waals surface area (Å²) in [7, 11) is 3.14. The minimum Gasteiger partial charge on any atom is -0.463 e. The smallest absolute Gasteiger partial charge is 0.189 e. The predicted octanol–water partition coefficient (Wildman–Crippen LogP) is 2.48. The molecular weight excluding hydrogens is 316 g/mol. The zero-order chi connectivity index (χ0) is 16.2. The van der Waals surface area contributed by atoms with Crippen LogP contribution in [-0.2, 0) is 24.1 Å². The Kier molecular flexibility index (Phi) is 9.69. The molecule has 0 aliphatic carbocycles. The van der Waals surface area contributed by atoms with Crippen LogP contribution in [0.5, 0.6) is 17.2 Å². The normalized spacial score (nSPS) is 10.7. The van der Waals surface area contributed by atoms with Crippen LogP contribution in [0.2, 0.25) is 5.02 Å². The van der Waals surface area contributed by atoms with Crippen LogP contribution in [0.15, 0.2) is 12.1 Å². The number of hydrogen-bond acceptors (Lipinski definition) is 6. The van der Waals surface area contributed by atoms with Gasteiger partial charge in [-0.1, -0.05) is 11.6 Å². The van der Waals surface area contributed by atoms with Gasteiger partial charge in [0, 0.05) is 26.4 Å². The third-order valence-electron chi connectivity index (χ3n) is 2.43. The molecule has 7 nitrogen and oxygen atoms in total. The number of hydrogen-bond donors (Lipinski definition) is 0. The van der Waals surface area contributed by atoms with E-state index in [1.165, 1.54) is 12.1 Å². The van der Waals surface area contributed by atoms with Crippen LogP contribution in [0.4, 0.5) is 0 Å². The summed E-state index contributed by atoms with van der Waals surface area (Å²) < 4.78 is 30.8. The molecule has 1 aromatic carbocycles. The Morgan fingerprint density at radius 2 is 1.50 bits per heavy atom. The van der Waals surface area contributed by atoms with Crippen molar-refractivity contribution in [1.29, 1.82) is 0 Å². The summed E-state index contributed by atoms with van der Waals surface area (Å²) in [5.74, 6) is 0.142. The molecule has 22 heavy (non-hydrogen) atoms. The van der Waals surface area contributed by atoms with Crippen molar-refractivity contribution in [3.63, 3.8) is 0 Å². The first-order chi connectivity index (χ1) is 10.7. The molecule has 0 spiro atoms. The van der Waals surface area contributed by atoms with Crippen molar-refractivity contribution < 1.29 is 33.5 Å². The minimum atomic E-state index is -0.287. The molecule has 0 atom stereocenters. The Balaban J connectivity index is 2.53. The number of rotatable bonds is 12. The molecule has 0 heterocycles. The first-order valence-corrected chi connectivity index (χ1v) is 6.96. The zero-order valence-electron chi connectivity index (χ0n) is 12.6. The van der Waals surface area contributed by atoms with Gasteiger partial charge in [-0.05, 0) is 0 Å². The predicted molar refractivity (Wildman–Crippen MR) is 78.2 cm³/mol. The SMILES string of the molecule is COCCOCOc1cc([O])cc(Cl)c1OCOCCOC. The van der Waals surface area contributed by atoms with Gasteiger partial charge in [0.15, 0.2) is 30.8 Å². The van der Waals surface area contributed by atoms with Gasteiger partial charge in [-0.2, -0.15) is 0 Å². The molecule has 0 saturated carbocycles. The fraction of sp³-hybridized carbons (Fsp3) is 0.571. The van der Waals surface area contributed by atoms with Crippen molar-refractivity contribution >= 4 is 11.6 Å². The van der Waals surface area contributed by atoms with Crippen LogP contribution in [0, 0.1) is 0 Å². The third kappa shape index (κ3) is 7.15. The van der Waals surface area contributed by atoms with E-state index in [2.05, 4.69) is 0 Å². The third-order valence-corrected chi connectivity index (χ3v) is 2.71. The van der Waals surface area contributed by atoms with E-state index in [9.17, 15) is 5.11 Å². The van der Waals surface area contributed by atoms with Gasteiger partial charge in [-0.25, -0.2) is 0 Å². The molecule has 0 saturated heterocycles. The number of benzene rings is 1. The van der Waals surface area contributed by atoms with Crippen molar-refractivity contribution in [1.82, 2.24) is 0 Å². The summed E-state index contributed by atoms with van der Waals surface area (Å²) in [6.07, 6.45) is 0. The van der Waals surface area contributed by atoms with Crippen LogP contribution in [-0.4, -0.2) is 54.2 Å². The summed E-state index contributed by atoms with van der Waals surface area (Å²) in [5.41, 5.74) is 0. The highest BCUT2D eigenvalue weighted by atomic mass is 35.5. The molecule has 8 heteroatoms. The molecule has 0 unspecified atom stereocenters. The molecule has 0 aromatic heterocycles. The van der Waals surface area contributed by atoms with Crippen LogP contribution in [0.3, 0.4) is 0 Å². The lowest BCUT2D eigenvalue weighted by molar-refractivity contribution is -0.0208. The number of ether oxygens (including phenoxy) is 6. The topological polar surface area (TPSA) is 75.3 Å². The maximum atomic E-state index is 11.5. The number of halogens is 1. The lowest BCUT2D eigenvalue weighted by Gasteiger charge is -2.14. The Hall–Kier alpha value is -1.25. The molecule has 0 aliphatic rings. The Labute approximate surface area is 134 Å². The van der Waals surface area contributed by atoms with Gasteiger partial charge in [0.05, 0.1) is 31.5 Å². The maximum Gasteiger partial charge on any atom is 0.189 e. The van der Waals surface area contributed by atoms with Gasteiger partial charge >= 0.3 is 0 Å². The van der Waals surface area contributed by atoms with E-state index in [0.29, 0.717) is 26.4 Å². The van der Waals surface area contributed by atoms with E-state index >= 15 is 0 Å². The van der Waals surface area contributed by atoms with Crippen LogP contribution in [0.25, 0.3) is 0 Å². The van der Waals surface area contributed by atoms with Crippen molar-refractivity contribution in [2.24, 2.45) is 0 Å². The monoisotopic (exact) mass is 335 g/mol. The van der Waals surface area contributed by atoms with Crippen molar-refractivity contribution in [2.75, 3.05) is 54.2 Å². The fourth-order valence-corrected chi connectivity index (χ4v) is 1.66. The lowest BCUT2D eigenvalue weighted by atomic mass is 10.3. The fourth-order valence-electron chi connectivity index (χ4n) is 1.40. The highest BCUT2D eigenvalue weighted by Crippen LogP contribution is 2.39. The molecule has 0 aliphatic heterocycles. The van der Waals surface area contributed by atoms with Gasteiger partial charge in [-0.15, -0.1) is 0 Å². The zero-order valence-corrected chi connectivity index (χ0v) is 13.4. The molecular formula is C14H20ClO7. The molecule has 0 fully saturated rings. The summed E-state index contributed by atoms with van der Waals surface area (Å²) >= 11 is 5.99. The van der Waals surface area contributed by atoms with Gasteiger partial charge in [-0.3, -0.25) is 5.11 Å². The standard InChI is InChI=1S/C14H20ClO7/c1-17-3-5-19-9-21-13-8-11(16)7-12(15)14(13)22-10-20-6-4-18-2/h7-8H,3-6,9-10H2,1-2H3. The van der Waals surface area contributed by atoms with Gasteiger partial charge in [0.1, 0.15) is 0 Å². The second-order valence-corrected chi connectivity index (χ2v) is 4.47. The van der Waals surface area contributed by atoms with E-state index in [0.717, 1.165) is 0 Å². The average Bonchev–Trinajstić information content (AvgIpc) is 2.48.